The number of piperidine rings is 1. The highest BCUT2D eigenvalue weighted by Gasteiger charge is 2.27. The number of carbonyl (C=O) groups is 1. The average molecular weight is 384 g/mol. The summed E-state index contributed by atoms with van der Waals surface area (Å²) < 4.78 is 1.71. The number of rotatable bonds is 4. The third kappa shape index (κ3) is 3.95. The van der Waals surface area contributed by atoms with Crippen molar-refractivity contribution in [3.05, 3.63) is 30.6 Å². The predicted molar refractivity (Wildman–Crippen MR) is 108 cm³/mol. The standard InChI is InChI=1S/C20H29N7O/c1-16-6-10-24(11-7-16)18-4-5-19(23-22-18)25-12-14-26(15-13-25)20(28)17(2)27-9-3-8-21-27/h3-5,8-9,16-17H,6-7,10-15H2,1-2H3. The molecule has 2 aromatic rings. The first-order chi connectivity index (χ1) is 13.6. The van der Waals surface area contributed by atoms with Gasteiger partial charge >= 0.3 is 0 Å². The van der Waals surface area contributed by atoms with Crippen LogP contribution in [0.15, 0.2) is 30.6 Å². The minimum atomic E-state index is -0.270. The van der Waals surface area contributed by atoms with Crippen molar-refractivity contribution in [1.29, 1.82) is 0 Å². The van der Waals surface area contributed by atoms with Crippen LogP contribution in [0.1, 0.15) is 32.7 Å². The third-order valence-electron chi connectivity index (χ3n) is 5.94. The zero-order valence-corrected chi connectivity index (χ0v) is 16.7. The molecule has 1 amide bonds. The van der Waals surface area contributed by atoms with E-state index in [1.54, 1.807) is 10.9 Å². The highest BCUT2D eigenvalue weighted by molar-refractivity contribution is 5.80. The SMILES string of the molecule is CC1CCN(c2ccc(N3CCN(C(=O)C(C)n4cccn4)CC3)nn2)CC1. The van der Waals surface area contributed by atoms with E-state index in [-0.39, 0.29) is 11.9 Å². The van der Waals surface area contributed by atoms with E-state index in [0.717, 1.165) is 43.7 Å². The molecule has 1 unspecified atom stereocenters. The number of amides is 1. The second-order valence-electron chi connectivity index (χ2n) is 7.89. The molecular formula is C20H29N7O. The summed E-state index contributed by atoms with van der Waals surface area (Å²) in [4.78, 5) is 19.1. The van der Waals surface area contributed by atoms with Crippen molar-refractivity contribution in [2.24, 2.45) is 5.92 Å². The van der Waals surface area contributed by atoms with Crippen LogP contribution in [0.2, 0.25) is 0 Å². The van der Waals surface area contributed by atoms with E-state index in [9.17, 15) is 4.79 Å². The van der Waals surface area contributed by atoms with Crippen LogP contribution in [0.5, 0.6) is 0 Å². The lowest BCUT2D eigenvalue weighted by atomic mass is 9.99. The van der Waals surface area contributed by atoms with E-state index in [1.165, 1.54) is 12.8 Å². The fourth-order valence-corrected chi connectivity index (χ4v) is 3.94. The molecule has 4 rings (SSSR count). The van der Waals surface area contributed by atoms with Crippen LogP contribution in [0.4, 0.5) is 11.6 Å². The van der Waals surface area contributed by atoms with Crippen molar-refractivity contribution in [2.45, 2.75) is 32.7 Å². The Morgan fingerprint density at radius 1 is 1.00 bits per heavy atom. The van der Waals surface area contributed by atoms with Gasteiger partial charge in [0.05, 0.1) is 0 Å². The molecule has 2 aromatic heterocycles. The Hall–Kier alpha value is -2.64. The monoisotopic (exact) mass is 383 g/mol. The van der Waals surface area contributed by atoms with Crippen molar-refractivity contribution in [2.75, 3.05) is 49.1 Å². The van der Waals surface area contributed by atoms with E-state index < -0.39 is 0 Å². The maximum absolute atomic E-state index is 12.7. The van der Waals surface area contributed by atoms with Gasteiger partial charge in [-0.1, -0.05) is 6.92 Å². The minimum absolute atomic E-state index is 0.115. The Morgan fingerprint density at radius 2 is 1.61 bits per heavy atom. The Bertz CT molecular complexity index is 760. The second-order valence-corrected chi connectivity index (χ2v) is 7.89. The average Bonchev–Trinajstić information content (AvgIpc) is 3.28. The number of aromatic nitrogens is 4. The van der Waals surface area contributed by atoms with Gasteiger partial charge in [0.15, 0.2) is 11.6 Å². The van der Waals surface area contributed by atoms with Crippen LogP contribution < -0.4 is 9.80 Å². The van der Waals surface area contributed by atoms with Crippen LogP contribution >= 0.6 is 0 Å². The quantitative estimate of drug-likeness (QED) is 0.802. The van der Waals surface area contributed by atoms with Gasteiger partial charge in [0.25, 0.3) is 0 Å². The van der Waals surface area contributed by atoms with Crippen molar-refractivity contribution < 1.29 is 4.79 Å². The van der Waals surface area contributed by atoms with E-state index in [2.05, 4.69) is 44.2 Å². The summed E-state index contributed by atoms with van der Waals surface area (Å²) in [5.41, 5.74) is 0. The second kappa shape index (κ2) is 8.16. The molecule has 1 atom stereocenters. The van der Waals surface area contributed by atoms with Crippen LogP contribution in [-0.4, -0.2) is 70.1 Å². The molecule has 4 heterocycles. The van der Waals surface area contributed by atoms with E-state index in [1.807, 2.05) is 24.1 Å². The molecule has 2 saturated heterocycles. The summed E-state index contributed by atoms with van der Waals surface area (Å²) in [5.74, 6) is 2.78. The number of piperazine rings is 1. The predicted octanol–water partition coefficient (Wildman–Crippen LogP) is 1.82. The van der Waals surface area contributed by atoms with E-state index >= 15 is 0 Å². The van der Waals surface area contributed by atoms with E-state index in [0.29, 0.717) is 13.1 Å². The molecule has 28 heavy (non-hydrogen) atoms. The fourth-order valence-electron chi connectivity index (χ4n) is 3.94. The highest BCUT2D eigenvalue weighted by atomic mass is 16.2. The Morgan fingerprint density at radius 3 is 2.14 bits per heavy atom. The molecule has 0 N–H and O–H groups in total. The molecule has 2 fully saturated rings. The van der Waals surface area contributed by atoms with Gasteiger partial charge in [-0.05, 0) is 43.9 Å². The Balaban J connectivity index is 1.32. The molecule has 2 aliphatic heterocycles. The molecule has 150 valence electrons. The summed E-state index contributed by atoms with van der Waals surface area (Å²) in [6.07, 6.45) is 5.97. The molecule has 2 aliphatic rings. The van der Waals surface area contributed by atoms with Crippen molar-refractivity contribution >= 4 is 17.5 Å². The van der Waals surface area contributed by atoms with Gasteiger partial charge in [-0.15, -0.1) is 10.2 Å². The van der Waals surface area contributed by atoms with Crippen LogP contribution in [0.25, 0.3) is 0 Å². The fraction of sp³-hybridized carbons (Fsp3) is 0.600. The first-order valence-electron chi connectivity index (χ1n) is 10.2. The topological polar surface area (TPSA) is 70.4 Å². The number of nitrogens with zero attached hydrogens (tertiary/aromatic N) is 7. The lowest BCUT2D eigenvalue weighted by Gasteiger charge is -2.36. The minimum Gasteiger partial charge on any atom is -0.355 e. The number of hydrogen-bond acceptors (Lipinski definition) is 6. The lowest BCUT2D eigenvalue weighted by Crippen LogP contribution is -2.50. The van der Waals surface area contributed by atoms with Gasteiger partial charge in [0, 0.05) is 51.7 Å². The van der Waals surface area contributed by atoms with Crippen molar-refractivity contribution in [1.82, 2.24) is 24.9 Å². The molecule has 0 aromatic carbocycles. The zero-order chi connectivity index (χ0) is 19.5. The van der Waals surface area contributed by atoms with Crippen molar-refractivity contribution in [3.8, 4) is 0 Å². The molecule has 0 aliphatic carbocycles. The first-order valence-corrected chi connectivity index (χ1v) is 10.2. The van der Waals surface area contributed by atoms with Crippen LogP contribution in [0, 0.1) is 5.92 Å². The van der Waals surface area contributed by atoms with Gasteiger partial charge in [0.2, 0.25) is 5.91 Å². The lowest BCUT2D eigenvalue weighted by molar-refractivity contribution is -0.134. The molecule has 0 bridgehead atoms. The summed E-state index contributed by atoms with van der Waals surface area (Å²) >= 11 is 0. The maximum Gasteiger partial charge on any atom is 0.247 e. The van der Waals surface area contributed by atoms with Crippen LogP contribution in [-0.2, 0) is 4.79 Å². The normalized spacial score (nSPS) is 19.7. The molecule has 0 radical (unpaired) electrons. The number of carbonyl (C=O) groups excluding carboxylic acids is 1. The van der Waals surface area contributed by atoms with Crippen LogP contribution in [0.3, 0.4) is 0 Å². The zero-order valence-electron chi connectivity index (χ0n) is 16.7. The Labute approximate surface area is 166 Å². The summed E-state index contributed by atoms with van der Waals surface area (Å²) in [6.45, 7) is 9.25. The maximum atomic E-state index is 12.7. The molecule has 8 heteroatoms. The van der Waals surface area contributed by atoms with Gasteiger partial charge in [-0.25, -0.2) is 0 Å². The summed E-state index contributed by atoms with van der Waals surface area (Å²) in [7, 11) is 0. The first kappa shape index (κ1) is 18.7. The van der Waals surface area contributed by atoms with Gasteiger partial charge in [-0.3, -0.25) is 9.48 Å². The molecule has 8 nitrogen and oxygen atoms in total. The molecule has 0 saturated carbocycles. The largest absolute Gasteiger partial charge is 0.355 e. The number of hydrogen-bond donors (Lipinski definition) is 0. The van der Waals surface area contributed by atoms with Gasteiger partial charge in [-0.2, -0.15) is 5.10 Å². The Kier molecular flexibility index (Phi) is 5.45. The summed E-state index contributed by atoms with van der Waals surface area (Å²) in [5, 5.41) is 13.1. The highest BCUT2D eigenvalue weighted by Crippen LogP contribution is 2.22. The molecule has 0 spiro atoms. The third-order valence-corrected chi connectivity index (χ3v) is 5.94. The van der Waals surface area contributed by atoms with Gasteiger partial charge < -0.3 is 14.7 Å². The van der Waals surface area contributed by atoms with Gasteiger partial charge in [0.1, 0.15) is 6.04 Å². The van der Waals surface area contributed by atoms with Crippen molar-refractivity contribution in [3.63, 3.8) is 0 Å². The number of anilines is 2. The van der Waals surface area contributed by atoms with E-state index in [4.69, 9.17) is 0 Å². The molecular weight excluding hydrogens is 354 g/mol. The smallest absolute Gasteiger partial charge is 0.247 e. The summed E-state index contributed by atoms with van der Waals surface area (Å²) in [6, 6.07) is 5.71.